The number of para-hydroxylation sites is 1. The van der Waals surface area contributed by atoms with Gasteiger partial charge < -0.3 is 14.3 Å². The van der Waals surface area contributed by atoms with Crippen molar-refractivity contribution in [2.45, 2.75) is 66.0 Å². The van der Waals surface area contributed by atoms with Crippen molar-refractivity contribution in [2.24, 2.45) is 5.92 Å². The van der Waals surface area contributed by atoms with Gasteiger partial charge in [-0.1, -0.05) is 24.3 Å². The highest BCUT2D eigenvalue weighted by atomic mass is 16.5. The largest absolute Gasteiger partial charge is 0.496 e. The number of methoxy groups -OCH3 is 1. The maximum Gasteiger partial charge on any atom is 0.255 e. The summed E-state index contributed by atoms with van der Waals surface area (Å²) in [5, 5.41) is 0.990. The summed E-state index contributed by atoms with van der Waals surface area (Å²) in [7, 11) is 1.56. The molecule has 4 heterocycles. The predicted octanol–water partition coefficient (Wildman–Crippen LogP) is 5.95. The molecule has 1 aromatic carbocycles. The maximum absolute atomic E-state index is 13.7. The first-order valence-corrected chi connectivity index (χ1v) is 14.3. The third-order valence-corrected chi connectivity index (χ3v) is 8.54. The monoisotopic (exact) mass is 540 g/mol. The Hall–Kier alpha value is -3.71. The SMILES string of the molecule is COc1cc(C)[nH]c(=O)c1CCC(=O)c1c(C)n([C@H](C)C2CCN(Cc3cccc(C)n3)CC2)c2ccccc12. The van der Waals surface area contributed by atoms with Crippen molar-refractivity contribution in [1.82, 2.24) is 19.4 Å². The minimum absolute atomic E-state index is 0.0575. The predicted molar refractivity (Wildman–Crippen MR) is 159 cm³/mol. The number of likely N-dealkylation sites (tertiary alicyclic amines) is 1. The molecule has 0 aliphatic carbocycles. The number of aromatic nitrogens is 3. The van der Waals surface area contributed by atoms with Crippen molar-refractivity contribution in [3.05, 3.63) is 92.8 Å². The van der Waals surface area contributed by atoms with Crippen LogP contribution in [0.3, 0.4) is 0 Å². The molecule has 1 aliphatic rings. The molecule has 4 aromatic rings. The Bertz CT molecular complexity index is 1580. The number of fused-ring (bicyclic) bond motifs is 1. The Kier molecular flexibility index (Phi) is 8.22. The van der Waals surface area contributed by atoms with Gasteiger partial charge in [-0.2, -0.15) is 0 Å². The summed E-state index contributed by atoms with van der Waals surface area (Å²) in [4.78, 5) is 36.3. The van der Waals surface area contributed by atoms with Gasteiger partial charge in [0.25, 0.3) is 5.56 Å². The lowest BCUT2D eigenvalue weighted by Crippen LogP contribution is -2.36. The van der Waals surface area contributed by atoms with Gasteiger partial charge in [-0.05, 0) is 90.2 Å². The fourth-order valence-electron chi connectivity index (χ4n) is 6.46. The van der Waals surface area contributed by atoms with E-state index in [0.717, 1.165) is 71.7 Å². The molecule has 40 heavy (non-hydrogen) atoms. The second-order valence-electron chi connectivity index (χ2n) is 11.2. The van der Waals surface area contributed by atoms with Crippen molar-refractivity contribution in [2.75, 3.05) is 20.2 Å². The second kappa shape index (κ2) is 11.8. The molecule has 0 bridgehead atoms. The van der Waals surface area contributed by atoms with Crippen molar-refractivity contribution in [3.8, 4) is 5.75 Å². The number of H-pyrrole nitrogens is 1. The van der Waals surface area contributed by atoms with Crippen LogP contribution in [0, 0.1) is 26.7 Å². The van der Waals surface area contributed by atoms with Crippen LogP contribution in [0.1, 0.15) is 70.9 Å². The summed E-state index contributed by atoms with van der Waals surface area (Å²) in [6.07, 6.45) is 2.80. The van der Waals surface area contributed by atoms with Crippen LogP contribution in [0.5, 0.6) is 5.75 Å². The van der Waals surface area contributed by atoms with Crippen LogP contribution in [-0.4, -0.2) is 45.4 Å². The third kappa shape index (κ3) is 5.61. The summed E-state index contributed by atoms with van der Waals surface area (Å²) >= 11 is 0. The summed E-state index contributed by atoms with van der Waals surface area (Å²) in [6.45, 7) is 11.2. The number of nitrogens with zero attached hydrogens (tertiary/aromatic N) is 3. The van der Waals surface area contributed by atoms with E-state index in [4.69, 9.17) is 4.74 Å². The van der Waals surface area contributed by atoms with Crippen LogP contribution in [-0.2, 0) is 13.0 Å². The maximum atomic E-state index is 13.7. The first-order chi connectivity index (χ1) is 19.3. The number of ketones is 1. The molecule has 0 radical (unpaired) electrons. The van der Waals surface area contributed by atoms with Gasteiger partial charge in [0.15, 0.2) is 5.78 Å². The number of ether oxygens (including phenoxy) is 1. The Morgan fingerprint density at radius 3 is 2.58 bits per heavy atom. The molecule has 1 saturated heterocycles. The number of rotatable bonds is 9. The van der Waals surface area contributed by atoms with Gasteiger partial charge >= 0.3 is 0 Å². The van der Waals surface area contributed by atoms with Crippen molar-refractivity contribution < 1.29 is 9.53 Å². The zero-order valence-electron chi connectivity index (χ0n) is 24.3. The molecule has 0 unspecified atom stereocenters. The van der Waals surface area contributed by atoms with E-state index in [1.54, 1.807) is 7.11 Å². The van der Waals surface area contributed by atoms with E-state index in [1.165, 1.54) is 0 Å². The van der Waals surface area contributed by atoms with Gasteiger partial charge in [0.05, 0.1) is 18.4 Å². The number of benzene rings is 1. The summed E-state index contributed by atoms with van der Waals surface area (Å²) in [5.41, 5.74) is 6.14. The van der Waals surface area contributed by atoms with Crippen LogP contribution in [0.25, 0.3) is 10.9 Å². The van der Waals surface area contributed by atoms with Gasteiger partial charge in [-0.15, -0.1) is 0 Å². The Balaban J connectivity index is 1.34. The lowest BCUT2D eigenvalue weighted by molar-refractivity contribution is 0.0983. The Morgan fingerprint density at radius 2 is 1.85 bits per heavy atom. The zero-order valence-corrected chi connectivity index (χ0v) is 24.3. The standard InChI is InChI=1S/C33H40N4O3/c1-21-9-8-10-26(34-21)20-36-17-15-25(16-18-36)23(3)37-24(4)32(27-11-6-7-12-29(27)37)30(38)14-13-28-31(40-5)19-22(2)35-33(28)39/h6-12,19,23,25H,13-18,20H2,1-5H3,(H,35,39)/t23-/m1/s1. The molecule has 0 amide bonds. The lowest BCUT2D eigenvalue weighted by Gasteiger charge is -2.36. The van der Waals surface area contributed by atoms with Gasteiger partial charge in [-0.25, -0.2) is 0 Å². The quantitative estimate of drug-likeness (QED) is 0.266. The molecular weight excluding hydrogens is 500 g/mol. The van der Waals surface area contributed by atoms with Crippen molar-refractivity contribution in [1.29, 1.82) is 0 Å². The van der Waals surface area contributed by atoms with E-state index in [9.17, 15) is 9.59 Å². The number of aryl methyl sites for hydroxylation is 2. The van der Waals surface area contributed by atoms with Crippen LogP contribution in [0.2, 0.25) is 0 Å². The van der Waals surface area contributed by atoms with Gasteiger partial charge in [-0.3, -0.25) is 19.5 Å². The molecule has 0 saturated carbocycles. The molecule has 7 nitrogen and oxygen atoms in total. The van der Waals surface area contributed by atoms with Gasteiger partial charge in [0.2, 0.25) is 0 Å². The number of hydrogen-bond donors (Lipinski definition) is 1. The molecule has 5 rings (SSSR count). The number of piperidine rings is 1. The second-order valence-corrected chi connectivity index (χ2v) is 11.2. The first-order valence-electron chi connectivity index (χ1n) is 14.3. The summed E-state index contributed by atoms with van der Waals surface area (Å²) < 4.78 is 7.82. The molecule has 1 aliphatic heterocycles. The molecule has 1 fully saturated rings. The van der Waals surface area contributed by atoms with Crippen molar-refractivity contribution in [3.63, 3.8) is 0 Å². The molecule has 3 aromatic heterocycles. The highest BCUT2D eigenvalue weighted by molar-refractivity contribution is 6.09. The smallest absolute Gasteiger partial charge is 0.255 e. The fourth-order valence-corrected chi connectivity index (χ4v) is 6.46. The number of nitrogens with one attached hydrogen (secondary N) is 1. The van der Waals surface area contributed by atoms with E-state index >= 15 is 0 Å². The van der Waals surface area contributed by atoms with Crippen LogP contribution >= 0.6 is 0 Å². The molecule has 1 atom stereocenters. The number of Topliss-reactive ketones (excluding diaryl/α,β-unsaturated/α-hetero) is 1. The Labute approximate surface area is 236 Å². The Morgan fingerprint density at radius 1 is 1.10 bits per heavy atom. The molecule has 210 valence electrons. The lowest BCUT2D eigenvalue weighted by atomic mass is 9.89. The normalized spacial score (nSPS) is 15.4. The number of aromatic amines is 1. The van der Waals surface area contributed by atoms with E-state index in [2.05, 4.69) is 57.5 Å². The molecule has 0 spiro atoms. The number of pyridine rings is 2. The first kappa shape index (κ1) is 27.8. The van der Waals surface area contributed by atoms with Crippen LogP contribution in [0.15, 0.2) is 53.3 Å². The van der Waals surface area contributed by atoms with E-state index in [0.29, 0.717) is 23.7 Å². The minimum atomic E-state index is -0.193. The molecular formula is C33H40N4O3. The summed E-state index contributed by atoms with van der Waals surface area (Å²) in [6, 6.07) is 16.5. The fraction of sp³-hybridized carbons (Fsp3) is 0.424. The average molecular weight is 541 g/mol. The average Bonchev–Trinajstić information content (AvgIpc) is 3.23. The van der Waals surface area contributed by atoms with Crippen LogP contribution < -0.4 is 10.3 Å². The number of hydrogen-bond acceptors (Lipinski definition) is 5. The topological polar surface area (TPSA) is 80.2 Å². The zero-order chi connectivity index (χ0) is 28.4. The highest BCUT2D eigenvalue weighted by Crippen LogP contribution is 2.36. The number of carbonyl (C=O) groups is 1. The summed E-state index contributed by atoms with van der Waals surface area (Å²) in [5.74, 6) is 1.11. The number of carbonyl (C=O) groups excluding carboxylic acids is 1. The molecule has 1 N–H and O–H groups in total. The van der Waals surface area contributed by atoms with Gasteiger partial charge in [0.1, 0.15) is 5.75 Å². The molecule has 7 heteroatoms. The van der Waals surface area contributed by atoms with E-state index < -0.39 is 0 Å². The third-order valence-electron chi connectivity index (χ3n) is 8.54. The van der Waals surface area contributed by atoms with Crippen LogP contribution in [0.4, 0.5) is 0 Å². The van der Waals surface area contributed by atoms with E-state index in [-0.39, 0.29) is 23.8 Å². The highest BCUT2D eigenvalue weighted by Gasteiger charge is 2.29. The van der Waals surface area contributed by atoms with Crippen molar-refractivity contribution >= 4 is 16.7 Å². The van der Waals surface area contributed by atoms with E-state index in [1.807, 2.05) is 38.1 Å². The van der Waals surface area contributed by atoms with Gasteiger partial charge in [0, 0.05) is 52.6 Å². The minimum Gasteiger partial charge on any atom is -0.496 e.